The summed E-state index contributed by atoms with van der Waals surface area (Å²) >= 11 is 0. The Bertz CT molecular complexity index is 1270. The number of nitrogens with two attached hydrogens (primary N) is 1. The third-order valence-electron chi connectivity index (χ3n) is 5.74. The second kappa shape index (κ2) is 10.4. The van der Waals surface area contributed by atoms with Crippen LogP contribution in [0.4, 0.5) is 5.82 Å². The predicted octanol–water partition coefficient (Wildman–Crippen LogP) is -4.84. The van der Waals surface area contributed by atoms with Crippen molar-refractivity contribution < 1.29 is 72.4 Å². The number of aliphatic hydroxyl groups excluding tert-OH is 6. The van der Waals surface area contributed by atoms with Crippen LogP contribution in [0.2, 0.25) is 0 Å². The van der Waals surface area contributed by atoms with E-state index in [2.05, 4.69) is 28.3 Å². The van der Waals surface area contributed by atoms with Crippen LogP contribution in [-0.4, -0.2) is 105 Å². The fraction of sp³-hybridized carbons (Fsp3) is 0.688. The molecule has 0 aromatic carbocycles. The molecule has 4 heterocycles. The van der Waals surface area contributed by atoms with Gasteiger partial charge >= 0.3 is 0 Å². The summed E-state index contributed by atoms with van der Waals surface area (Å²) in [5.41, 5.74) is 5.84. The van der Waals surface area contributed by atoms with Gasteiger partial charge < -0.3 is 55.6 Å². The first kappa shape index (κ1) is 29.3. The first-order chi connectivity index (χ1) is 17.6. The van der Waals surface area contributed by atoms with Crippen molar-refractivity contribution in [3.05, 3.63) is 12.7 Å². The molecular formula is C16H23N5O15P2-2. The van der Waals surface area contributed by atoms with E-state index >= 15 is 0 Å². The zero-order valence-corrected chi connectivity index (χ0v) is 20.9. The highest BCUT2D eigenvalue weighted by molar-refractivity contribution is 7.59. The molecule has 38 heavy (non-hydrogen) atoms. The van der Waals surface area contributed by atoms with Crippen molar-refractivity contribution in [1.82, 2.24) is 19.5 Å². The van der Waals surface area contributed by atoms with Crippen molar-refractivity contribution >= 4 is 32.6 Å². The van der Waals surface area contributed by atoms with Crippen molar-refractivity contribution in [2.24, 2.45) is 0 Å². The van der Waals surface area contributed by atoms with Crippen molar-refractivity contribution in [2.45, 2.75) is 61.9 Å². The SMILES string of the molecule is C[C@@]1(OP(=O)([O-])OP(=O)([O-])O[C@H]2OC(CO)[C@@H](O)[C@@H](O)C2O)O[C@@H](n2cnc3c(N)ncnc32)C(O)[C@H]1O. The highest BCUT2D eigenvalue weighted by Gasteiger charge is 2.55. The molecule has 22 heteroatoms. The van der Waals surface area contributed by atoms with Gasteiger partial charge in [0.25, 0.3) is 15.6 Å². The molecule has 2 aliphatic heterocycles. The summed E-state index contributed by atoms with van der Waals surface area (Å²) in [7, 11) is -12.0. The van der Waals surface area contributed by atoms with Crippen molar-refractivity contribution in [2.75, 3.05) is 12.3 Å². The number of imidazole rings is 1. The van der Waals surface area contributed by atoms with Crippen LogP contribution in [0.1, 0.15) is 13.2 Å². The highest BCUT2D eigenvalue weighted by Crippen LogP contribution is 2.60. The number of phosphoric ester groups is 2. The van der Waals surface area contributed by atoms with Crippen molar-refractivity contribution in [3.63, 3.8) is 0 Å². The summed E-state index contributed by atoms with van der Waals surface area (Å²) < 4.78 is 48.9. The Morgan fingerprint density at radius 1 is 1.08 bits per heavy atom. The number of rotatable bonds is 8. The first-order valence-electron chi connectivity index (χ1n) is 10.6. The lowest BCUT2D eigenvalue weighted by Gasteiger charge is -2.42. The molecule has 8 N–H and O–H groups in total. The lowest BCUT2D eigenvalue weighted by molar-refractivity contribution is -0.308. The second-order valence-electron chi connectivity index (χ2n) is 8.41. The number of fused-ring (bicyclic) bond motifs is 1. The predicted molar refractivity (Wildman–Crippen MR) is 113 cm³/mol. The van der Waals surface area contributed by atoms with Crippen LogP contribution >= 0.6 is 15.6 Å². The van der Waals surface area contributed by atoms with E-state index in [4.69, 9.17) is 20.3 Å². The van der Waals surface area contributed by atoms with Crippen LogP contribution in [0.15, 0.2) is 12.7 Å². The van der Waals surface area contributed by atoms with Crippen LogP contribution in [0.5, 0.6) is 0 Å². The van der Waals surface area contributed by atoms with E-state index in [0.29, 0.717) is 0 Å². The summed E-state index contributed by atoms with van der Waals surface area (Å²) in [6.45, 7) is -0.0781. The van der Waals surface area contributed by atoms with E-state index in [-0.39, 0.29) is 17.0 Å². The summed E-state index contributed by atoms with van der Waals surface area (Å²) in [6.07, 6.45) is -13.3. The van der Waals surface area contributed by atoms with Gasteiger partial charge in [-0.2, -0.15) is 0 Å². The van der Waals surface area contributed by atoms with E-state index in [1.54, 1.807) is 0 Å². The van der Waals surface area contributed by atoms with Crippen LogP contribution in [0.3, 0.4) is 0 Å². The molecule has 2 fully saturated rings. The Kier molecular flexibility index (Phi) is 7.98. The Morgan fingerprint density at radius 3 is 2.42 bits per heavy atom. The van der Waals surface area contributed by atoms with Gasteiger partial charge in [0.05, 0.1) is 12.9 Å². The number of hydrogen-bond donors (Lipinski definition) is 7. The fourth-order valence-corrected chi connectivity index (χ4v) is 6.15. The molecular weight excluding hydrogens is 564 g/mol. The average molecular weight is 587 g/mol. The maximum Gasteiger partial charge on any atom is 0.277 e. The minimum Gasteiger partial charge on any atom is -0.756 e. The van der Waals surface area contributed by atoms with Crippen LogP contribution in [-0.2, 0) is 32.0 Å². The maximum atomic E-state index is 12.4. The largest absolute Gasteiger partial charge is 0.756 e. The summed E-state index contributed by atoms with van der Waals surface area (Å²) in [5.74, 6) is -2.65. The second-order valence-corrected chi connectivity index (χ2v) is 11.2. The van der Waals surface area contributed by atoms with Crippen LogP contribution < -0.4 is 15.5 Å². The standard InChI is InChI=1S/C16H25N5O15P2/c1-16(11(27)10(26)14(33-16)21-4-20-6-12(17)18-3-19-13(6)21)35-38(30,31)36-37(28,29)34-15-9(25)8(24)7(23)5(2-22)32-15/h3-5,7-11,14-15,22-27H,2H2,1H3,(H,28,29)(H,30,31)(H2,17,18,19)/p-2/t5?,7-,8-,9?,10?,11-,14-,15-,16+/m1/s1. The number of nitrogens with zero attached hydrogens (tertiary/aromatic N) is 4. The van der Waals surface area contributed by atoms with Gasteiger partial charge in [0.1, 0.15) is 48.5 Å². The zero-order chi connectivity index (χ0) is 28.2. The molecule has 2 aromatic rings. The van der Waals surface area contributed by atoms with E-state index in [1.807, 2.05) is 0 Å². The van der Waals surface area contributed by atoms with Gasteiger partial charge in [-0.3, -0.25) is 22.7 Å². The van der Waals surface area contributed by atoms with Crippen molar-refractivity contribution in [1.29, 1.82) is 0 Å². The van der Waals surface area contributed by atoms with E-state index < -0.39 is 77.2 Å². The Balaban J connectivity index is 1.48. The quantitative estimate of drug-likeness (QED) is 0.142. The van der Waals surface area contributed by atoms with E-state index in [9.17, 15) is 44.4 Å². The minimum atomic E-state index is -6.00. The normalized spacial score (nSPS) is 39.2. The Labute approximate surface area is 212 Å². The average Bonchev–Trinajstić information content (AvgIpc) is 3.34. The number of anilines is 1. The topological polar surface area (TPSA) is 317 Å². The summed E-state index contributed by atoms with van der Waals surface area (Å²) in [6, 6.07) is 0. The molecule has 11 atom stereocenters. The van der Waals surface area contributed by atoms with E-state index in [0.717, 1.165) is 24.1 Å². The molecule has 4 rings (SSSR count). The van der Waals surface area contributed by atoms with Crippen LogP contribution in [0.25, 0.3) is 11.2 Å². The van der Waals surface area contributed by atoms with E-state index in [1.165, 1.54) is 0 Å². The molecule has 0 spiro atoms. The molecule has 0 amide bonds. The molecule has 0 radical (unpaired) electrons. The molecule has 0 bridgehead atoms. The highest BCUT2D eigenvalue weighted by atomic mass is 31.3. The molecule has 2 aliphatic rings. The lowest BCUT2D eigenvalue weighted by atomic mass is 10.00. The molecule has 5 unspecified atom stereocenters. The number of aliphatic hydroxyl groups is 6. The minimum absolute atomic E-state index is 0.0242. The molecule has 2 aromatic heterocycles. The molecule has 2 saturated heterocycles. The number of ether oxygens (including phenoxy) is 2. The monoisotopic (exact) mass is 587 g/mol. The third kappa shape index (κ3) is 5.48. The van der Waals surface area contributed by atoms with Gasteiger partial charge in [-0.25, -0.2) is 19.3 Å². The Morgan fingerprint density at radius 2 is 1.76 bits per heavy atom. The zero-order valence-electron chi connectivity index (χ0n) is 19.1. The molecule has 20 nitrogen and oxygen atoms in total. The third-order valence-corrected chi connectivity index (χ3v) is 8.40. The van der Waals surface area contributed by atoms with Gasteiger partial charge in [0.15, 0.2) is 24.0 Å². The van der Waals surface area contributed by atoms with Crippen molar-refractivity contribution in [3.8, 4) is 0 Å². The Hall–Kier alpha value is -1.71. The van der Waals surface area contributed by atoms with Gasteiger partial charge in [0.2, 0.25) is 5.79 Å². The van der Waals surface area contributed by atoms with Gasteiger partial charge in [-0.1, -0.05) is 0 Å². The number of phosphoric acid groups is 2. The lowest BCUT2D eigenvalue weighted by Crippen LogP contribution is -2.59. The molecule has 0 saturated carbocycles. The fourth-order valence-electron chi connectivity index (χ4n) is 3.86. The molecule has 0 aliphatic carbocycles. The summed E-state index contributed by atoms with van der Waals surface area (Å²) in [4.78, 5) is 36.3. The number of nitrogen functional groups attached to an aromatic ring is 1. The summed E-state index contributed by atoms with van der Waals surface area (Å²) in [5, 5.41) is 59.5. The van der Waals surface area contributed by atoms with Gasteiger partial charge in [-0.15, -0.1) is 0 Å². The van der Waals surface area contributed by atoms with Gasteiger partial charge in [-0.05, 0) is 6.92 Å². The molecule has 214 valence electrons. The number of hydrogen-bond acceptors (Lipinski definition) is 19. The maximum absolute atomic E-state index is 12.4. The van der Waals surface area contributed by atoms with Gasteiger partial charge in [0, 0.05) is 0 Å². The van der Waals surface area contributed by atoms with Crippen LogP contribution in [0, 0.1) is 0 Å². The number of aromatic nitrogens is 4. The smallest absolute Gasteiger partial charge is 0.277 e. The first-order valence-corrected chi connectivity index (χ1v) is 13.5.